The summed E-state index contributed by atoms with van der Waals surface area (Å²) < 4.78 is 0. The van der Waals surface area contributed by atoms with Gasteiger partial charge in [-0.3, -0.25) is 0 Å². The molecule has 0 radical (unpaired) electrons. The van der Waals surface area contributed by atoms with Crippen LogP contribution in [0.1, 0.15) is 12.6 Å². The Balaban J connectivity index is 0. The minimum absolute atomic E-state index is 0. The van der Waals surface area contributed by atoms with Crippen molar-refractivity contribution in [2.24, 2.45) is 0 Å². The molecule has 0 aliphatic carbocycles. The predicted octanol–water partition coefficient (Wildman–Crippen LogP) is -0.459. The van der Waals surface area contributed by atoms with Crippen LogP contribution in [0.5, 0.6) is 0 Å². The summed E-state index contributed by atoms with van der Waals surface area (Å²) in [5, 5.41) is 0. The fourth-order valence-corrected chi connectivity index (χ4v) is 0.904. The number of thiol groups is 1. The van der Waals surface area contributed by atoms with Crippen molar-refractivity contribution >= 4 is 12.6 Å². The van der Waals surface area contributed by atoms with Gasteiger partial charge in [0, 0.05) is 5.75 Å². The average molecular weight is 146 g/mol. The van der Waals surface area contributed by atoms with Crippen LogP contribution in [0.15, 0.2) is 24.3 Å². The first-order valence-corrected chi connectivity index (χ1v) is 3.62. The zero-order valence-corrected chi connectivity index (χ0v) is 7.36. The standard InChI is InChI=1S/C8H10S.Li.H/c1-7-2-4-8(6-9)5-3-7;;/h2-5,9H,6H2,1H3;;/q;+1;-1. The Hall–Kier alpha value is 0.167. The van der Waals surface area contributed by atoms with Gasteiger partial charge < -0.3 is 1.43 Å². The quantitative estimate of drug-likeness (QED) is 0.402. The second kappa shape index (κ2) is 4.90. The molecule has 0 saturated carbocycles. The van der Waals surface area contributed by atoms with Crippen LogP contribution < -0.4 is 18.9 Å². The van der Waals surface area contributed by atoms with Crippen molar-refractivity contribution in [3.05, 3.63) is 35.4 Å². The molecule has 0 nitrogen and oxygen atoms in total. The summed E-state index contributed by atoms with van der Waals surface area (Å²) in [7, 11) is 0. The Bertz CT molecular complexity index is 186. The molecule has 2 heteroatoms. The van der Waals surface area contributed by atoms with E-state index in [9.17, 15) is 0 Å². The maximum Gasteiger partial charge on any atom is 1.00 e. The number of aryl methyl sites for hydroxylation is 1. The molecule has 1 aromatic rings. The molecule has 0 saturated heterocycles. The van der Waals surface area contributed by atoms with Crippen molar-refractivity contribution in [1.82, 2.24) is 0 Å². The minimum Gasteiger partial charge on any atom is -1.00 e. The predicted molar refractivity (Wildman–Crippen MR) is 45.0 cm³/mol. The van der Waals surface area contributed by atoms with Gasteiger partial charge in [0.2, 0.25) is 0 Å². The fraction of sp³-hybridized carbons (Fsp3) is 0.250. The van der Waals surface area contributed by atoms with E-state index in [0.29, 0.717) is 0 Å². The Labute approximate surface area is 81.1 Å². The third-order valence-corrected chi connectivity index (χ3v) is 1.67. The van der Waals surface area contributed by atoms with Crippen LogP contribution in [0.25, 0.3) is 0 Å². The molecule has 0 atom stereocenters. The normalized spacial score (nSPS) is 8.60. The third-order valence-electron chi connectivity index (χ3n) is 1.30. The summed E-state index contributed by atoms with van der Waals surface area (Å²) in [4.78, 5) is 0. The van der Waals surface area contributed by atoms with Gasteiger partial charge in [-0.2, -0.15) is 12.6 Å². The Morgan fingerprint density at radius 1 is 1.30 bits per heavy atom. The van der Waals surface area contributed by atoms with Gasteiger partial charge in [0.15, 0.2) is 0 Å². The van der Waals surface area contributed by atoms with Crippen LogP contribution in [-0.4, -0.2) is 0 Å². The van der Waals surface area contributed by atoms with Gasteiger partial charge in [0.05, 0.1) is 0 Å². The van der Waals surface area contributed by atoms with E-state index in [1.807, 2.05) is 0 Å². The molecule has 10 heavy (non-hydrogen) atoms. The van der Waals surface area contributed by atoms with Gasteiger partial charge >= 0.3 is 18.9 Å². The molecule has 0 aliphatic rings. The van der Waals surface area contributed by atoms with E-state index < -0.39 is 0 Å². The van der Waals surface area contributed by atoms with E-state index >= 15 is 0 Å². The second-order valence-electron chi connectivity index (χ2n) is 2.14. The van der Waals surface area contributed by atoms with Crippen LogP contribution in [0.4, 0.5) is 0 Å². The summed E-state index contributed by atoms with van der Waals surface area (Å²) in [6, 6.07) is 8.40. The Morgan fingerprint density at radius 3 is 2.20 bits per heavy atom. The smallest absolute Gasteiger partial charge is 1.00 e. The van der Waals surface area contributed by atoms with Gasteiger partial charge in [0.25, 0.3) is 0 Å². The van der Waals surface area contributed by atoms with Crippen LogP contribution >= 0.6 is 12.6 Å². The van der Waals surface area contributed by atoms with Gasteiger partial charge in [0.1, 0.15) is 0 Å². The SMILES string of the molecule is Cc1ccc(CS)cc1.[H-].[Li+]. The van der Waals surface area contributed by atoms with Crippen LogP contribution in [0.3, 0.4) is 0 Å². The summed E-state index contributed by atoms with van der Waals surface area (Å²) in [6.07, 6.45) is 0. The van der Waals surface area contributed by atoms with E-state index in [1.165, 1.54) is 11.1 Å². The third kappa shape index (κ3) is 2.83. The molecule has 0 amide bonds. The van der Waals surface area contributed by atoms with E-state index in [-0.39, 0.29) is 20.3 Å². The van der Waals surface area contributed by atoms with Gasteiger partial charge in [-0.25, -0.2) is 0 Å². The molecule has 50 valence electrons. The molecule has 0 aromatic heterocycles. The molecule has 0 fully saturated rings. The van der Waals surface area contributed by atoms with Crippen molar-refractivity contribution in [1.29, 1.82) is 0 Å². The van der Waals surface area contributed by atoms with Crippen LogP contribution in [-0.2, 0) is 5.75 Å². The van der Waals surface area contributed by atoms with E-state index in [2.05, 4.69) is 43.8 Å². The van der Waals surface area contributed by atoms with Crippen LogP contribution in [0, 0.1) is 6.92 Å². The number of rotatable bonds is 1. The Morgan fingerprint density at radius 2 is 1.80 bits per heavy atom. The maximum absolute atomic E-state index is 4.14. The van der Waals surface area contributed by atoms with Crippen molar-refractivity contribution in [3.8, 4) is 0 Å². The Kier molecular flexibility index (Phi) is 4.99. The first-order valence-electron chi connectivity index (χ1n) is 2.99. The molecule has 1 aromatic carbocycles. The van der Waals surface area contributed by atoms with Crippen molar-refractivity contribution in [2.75, 3.05) is 0 Å². The molecule has 0 heterocycles. The number of hydrogen-bond acceptors (Lipinski definition) is 1. The van der Waals surface area contributed by atoms with Crippen molar-refractivity contribution in [3.63, 3.8) is 0 Å². The summed E-state index contributed by atoms with van der Waals surface area (Å²) in [6.45, 7) is 2.09. The molecular weight excluding hydrogens is 135 g/mol. The molecule has 0 bridgehead atoms. The zero-order chi connectivity index (χ0) is 6.69. The summed E-state index contributed by atoms with van der Waals surface area (Å²) in [5.41, 5.74) is 2.59. The zero-order valence-electron chi connectivity index (χ0n) is 7.46. The van der Waals surface area contributed by atoms with Gasteiger partial charge in [-0.05, 0) is 12.5 Å². The first kappa shape index (κ1) is 10.2. The topological polar surface area (TPSA) is 0 Å². The molecular formula is C8H11LiS. The van der Waals surface area contributed by atoms with E-state index in [0.717, 1.165) is 5.75 Å². The van der Waals surface area contributed by atoms with E-state index in [1.54, 1.807) is 0 Å². The van der Waals surface area contributed by atoms with Crippen LogP contribution in [0.2, 0.25) is 0 Å². The maximum atomic E-state index is 4.14. The first-order chi connectivity index (χ1) is 4.33. The monoisotopic (exact) mass is 146 g/mol. The largest absolute Gasteiger partial charge is 1.00 e. The second-order valence-corrected chi connectivity index (χ2v) is 2.46. The molecule has 0 unspecified atom stereocenters. The average Bonchev–Trinajstić information content (AvgIpc) is 1.90. The summed E-state index contributed by atoms with van der Waals surface area (Å²) in [5.74, 6) is 0.834. The van der Waals surface area contributed by atoms with Crippen molar-refractivity contribution in [2.45, 2.75) is 12.7 Å². The number of hydrogen-bond donors (Lipinski definition) is 1. The molecule has 0 aliphatic heterocycles. The molecule has 0 spiro atoms. The number of benzene rings is 1. The fourth-order valence-electron chi connectivity index (χ4n) is 0.693. The van der Waals surface area contributed by atoms with E-state index in [4.69, 9.17) is 0 Å². The van der Waals surface area contributed by atoms with Gasteiger partial charge in [-0.1, -0.05) is 29.8 Å². The van der Waals surface area contributed by atoms with Gasteiger partial charge in [-0.15, -0.1) is 0 Å². The molecule has 0 N–H and O–H groups in total. The van der Waals surface area contributed by atoms with Crippen molar-refractivity contribution < 1.29 is 20.3 Å². The summed E-state index contributed by atoms with van der Waals surface area (Å²) >= 11 is 4.14. The minimum atomic E-state index is 0. The molecule has 1 rings (SSSR count).